The minimum Gasteiger partial charge on any atom is -0.481 e. The Hall–Kier alpha value is -2.91. The van der Waals surface area contributed by atoms with Gasteiger partial charge < -0.3 is 14.9 Å². The van der Waals surface area contributed by atoms with Gasteiger partial charge in [0.1, 0.15) is 6.04 Å². The van der Waals surface area contributed by atoms with E-state index in [2.05, 4.69) is 15.5 Å². The first-order chi connectivity index (χ1) is 12.2. The van der Waals surface area contributed by atoms with Crippen molar-refractivity contribution in [3.8, 4) is 11.4 Å². The summed E-state index contributed by atoms with van der Waals surface area (Å²) in [5.41, 5.74) is -0.444. The van der Waals surface area contributed by atoms with Crippen molar-refractivity contribution in [3.05, 3.63) is 35.7 Å². The third-order valence-electron chi connectivity index (χ3n) is 3.45. The fourth-order valence-electron chi connectivity index (χ4n) is 2.11. The molecule has 0 unspecified atom stereocenters. The normalized spacial score (nSPS) is 12.6. The van der Waals surface area contributed by atoms with Crippen molar-refractivity contribution in [2.45, 2.75) is 38.4 Å². The number of carboxylic acids is 1. The Morgan fingerprint density at radius 2 is 1.88 bits per heavy atom. The van der Waals surface area contributed by atoms with Crippen molar-refractivity contribution < 1.29 is 32.4 Å². The van der Waals surface area contributed by atoms with E-state index >= 15 is 0 Å². The van der Waals surface area contributed by atoms with E-state index in [0.717, 1.165) is 12.1 Å². The molecule has 0 saturated heterocycles. The topological polar surface area (TPSA) is 105 Å². The van der Waals surface area contributed by atoms with E-state index in [0.29, 0.717) is 5.56 Å². The minimum atomic E-state index is -4.43. The van der Waals surface area contributed by atoms with E-state index in [-0.39, 0.29) is 36.9 Å². The van der Waals surface area contributed by atoms with E-state index in [1.807, 2.05) is 0 Å². The van der Waals surface area contributed by atoms with Crippen LogP contribution in [0, 0.1) is 0 Å². The number of carboxylic acid groups (broad SMARTS) is 1. The van der Waals surface area contributed by atoms with Crippen LogP contribution in [0.25, 0.3) is 11.4 Å². The van der Waals surface area contributed by atoms with Crippen LogP contribution in [0.4, 0.5) is 13.2 Å². The molecular weight excluding hydrogens is 355 g/mol. The molecular formula is C16H16F3N3O4. The average Bonchev–Trinajstić information content (AvgIpc) is 3.04. The third kappa shape index (κ3) is 5.30. The van der Waals surface area contributed by atoms with Gasteiger partial charge in [-0.15, -0.1) is 0 Å². The van der Waals surface area contributed by atoms with Gasteiger partial charge in [-0.25, -0.2) is 0 Å². The van der Waals surface area contributed by atoms with Gasteiger partial charge in [0.25, 0.3) is 0 Å². The Labute approximate surface area is 146 Å². The Bertz CT molecular complexity index is 772. The predicted octanol–water partition coefficient (Wildman–Crippen LogP) is 3.19. The Balaban J connectivity index is 1.98. The molecule has 0 spiro atoms. The fraction of sp³-hybridized carbons (Fsp3) is 0.375. The van der Waals surface area contributed by atoms with Crippen LogP contribution in [0.1, 0.15) is 43.7 Å². The second-order valence-electron chi connectivity index (χ2n) is 5.57. The summed E-state index contributed by atoms with van der Waals surface area (Å²) in [5, 5.41) is 14.8. The molecule has 1 aromatic carbocycles. The quantitative estimate of drug-likeness (QED) is 0.774. The zero-order valence-electron chi connectivity index (χ0n) is 13.7. The Morgan fingerprint density at radius 1 is 1.23 bits per heavy atom. The number of amides is 1. The van der Waals surface area contributed by atoms with Crippen molar-refractivity contribution in [3.63, 3.8) is 0 Å². The lowest BCUT2D eigenvalue weighted by Crippen LogP contribution is -2.26. The molecule has 26 heavy (non-hydrogen) atoms. The van der Waals surface area contributed by atoms with E-state index in [1.54, 1.807) is 6.92 Å². The summed E-state index contributed by atoms with van der Waals surface area (Å²) in [5.74, 6) is -1.16. The molecule has 0 aliphatic carbocycles. The van der Waals surface area contributed by atoms with E-state index < -0.39 is 23.8 Å². The van der Waals surface area contributed by atoms with Crippen LogP contribution in [0.15, 0.2) is 28.8 Å². The summed E-state index contributed by atoms with van der Waals surface area (Å²) in [6, 6.07) is 3.67. The monoisotopic (exact) mass is 371 g/mol. The average molecular weight is 371 g/mol. The van der Waals surface area contributed by atoms with Gasteiger partial charge in [0.05, 0.1) is 5.56 Å². The second kappa shape index (κ2) is 7.98. The van der Waals surface area contributed by atoms with Crippen LogP contribution in [0.5, 0.6) is 0 Å². The summed E-state index contributed by atoms with van der Waals surface area (Å²) in [6.45, 7) is 1.60. The molecule has 1 aromatic heterocycles. The van der Waals surface area contributed by atoms with Crippen molar-refractivity contribution in [2.75, 3.05) is 0 Å². The molecule has 0 aliphatic heterocycles. The number of aromatic nitrogens is 2. The molecule has 2 N–H and O–H groups in total. The highest BCUT2D eigenvalue weighted by atomic mass is 19.4. The van der Waals surface area contributed by atoms with Crippen LogP contribution < -0.4 is 5.32 Å². The molecule has 7 nitrogen and oxygen atoms in total. The lowest BCUT2D eigenvalue weighted by atomic mass is 10.1. The number of rotatable bonds is 7. The highest BCUT2D eigenvalue weighted by molar-refractivity contribution is 5.77. The number of benzene rings is 1. The molecule has 140 valence electrons. The molecule has 2 aromatic rings. The Kier molecular flexibility index (Phi) is 5.96. The van der Waals surface area contributed by atoms with Crippen LogP contribution in [0.3, 0.4) is 0 Å². The number of hydrogen-bond acceptors (Lipinski definition) is 5. The standard InChI is InChI=1S/C16H16F3N3O4/c1-9(20-12(23)3-2-4-13(24)25)15-21-14(22-26-15)10-5-7-11(8-6-10)16(17,18)19/h5-9H,2-4H2,1H3,(H,20,23)(H,24,25)/t9-/m0/s1. The SMILES string of the molecule is C[C@H](NC(=O)CCCC(=O)O)c1nc(-c2ccc(C(F)(F)F)cc2)no1. The van der Waals surface area contributed by atoms with Gasteiger partial charge in [0, 0.05) is 18.4 Å². The molecule has 10 heteroatoms. The molecule has 0 saturated carbocycles. The molecule has 0 bridgehead atoms. The maximum absolute atomic E-state index is 12.6. The van der Waals surface area contributed by atoms with Crippen molar-refractivity contribution >= 4 is 11.9 Å². The van der Waals surface area contributed by atoms with Crippen LogP contribution in [0.2, 0.25) is 0 Å². The van der Waals surface area contributed by atoms with Crippen LogP contribution in [-0.4, -0.2) is 27.1 Å². The predicted molar refractivity (Wildman–Crippen MR) is 82.8 cm³/mol. The van der Waals surface area contributed by atoms with Gasteiger partial charge in [-0.2, -0.15) is 18.2 Å². The second-order valence-corrected chi connectivity index (χ2v) is 5.57. The number of hydrogen-bond donors (Lipinski definition) is 2. The zero-order chi connectivity index (χ0) is 19.3. The van der Waals surface area contributed by atoms with Gasteiger partial charge in [-0.05, 0) is 25.5 Å². The fourth-order valence-corrected chi connectivity index (χ4v) is 2.11. The number of alkyl halides is 3. The first-order valence-electron chi connectivity index (χ1n) is 7.69. The number of carbonyl (C=O) groups is 2. The van der Waals surface area contributed by atoms with Crippen molar-refractivity contribution in [2.24, 2.45) is 0 Å². The van der Waals surface area contributed by atoms with E-state index in [1.165, 1.54) is 12.1 Å². The van der Waals surface area contributed by atoms with Crippen LogP contribution in [-0.2, 0) is 15.8 Å². The molecule has 0 fully saturated rings. The first-order valence-corrected chi connectivity index (χ1v) is 7.69. The highest BCUT2D eigenvalue weighted by Crippen LogP contribution is 2.30. The maximum Gasteiger partial charge on any atom is 0.416 e. The van der Waals surface area contributed by atoms with Gasteiger partial charge in [-0.1, -0.05) is 17.3 Å². The van der Waals surface area contributed by atoms with E-state index in [4.69, 9.17) is 9.63 Å². The maximum atomic E-state index is 12.6. The molecule has 0 radical (unpaired) electrons. The summed E-state index contributed by atoms with van der Waals surface area (Å²) in [4.78, 5) is 26.2. The largest absolute Gasteiger partial charge is 0.481 e. The van der Waals surface area contributed by atoms with Gasteiger partial charge in [0.15, 0.2) is 0 Å². The van der Waals surface area contributed by atoms with Gasteiger partial charge in [-0.3, -0.25) is 9.59 Å². The molecule has 0 aliphatic rings. The first kappa shape index (κ1) is 19.4. The zero-order valence-corrected chi connectivity index (χ0v) is 13.7. The van der Waals surface area contributed by atoms with Crippen LogP contribution >= 0.6 is 0 Å². The highest BCUT2D eigenvalue weighted by Gasteiger charge is 2.30. The number of nitrogens with zero attached hydrogens (tertiary/aromatic N) is 2. The Morgan fingerprint density at radius 3 is 2.46 bits per heavy atom. The van der Waals surface area contributed by atoms with Crippen molar-refractivity contribution in [1.29, 1.82) is 0 Å². The summed E-state index contributed by atoms with van der Waals surface area (Å²) < 4.78 is 42.7. The minimum absolute atomic E-state index is 0.0382. The van der Waals surface area contributed by atoms with Gasteiger partial charge in [0.2, 0.25) is 17.6 Å². The number of halogens is 3. The number of carbonyl (C=O) groups excluding carboxylic acids is 1. The molecule has 1 amide bonds. The third-order valence-corrected chi connectivity index (χ3v) is 3.45. The smallest absolute Gasteiger partial charge is 0.416 e. The molecule has 2 rings (SSSR count). The molecule has 1 heterocycles. The van der Waals surface area contributed by atoms with Gasteiger partial charge >= 0.3 is 12.1 Å². The number of aliphatic carboxylic acids is 1. The summed E-state index contributed by atoms with van der Waals surface area (Å²) in [7, 11) is 0. The molecule has 1 atom stereocenters. The number of nitrogens with one attached hydrogen (secondary N) is 1. The lowest BCUT2D eigenvalue weighted by Gasteiger charge is -2.09. The summed E-state index contributed by atoms with van der Waals surface area (Å²) in [6.07, 6.45) is -4.30. The van der Waals surface area contributed by atoms with Crippen molar-refractivity contribution in [1.82, 2.24) is 15.5 Å². The summed E-state index contributed by atoms with van der Waals surface area (Å²) >= 11 is 0. The lowest BCUT2D eigenvalue weighted by molar-refractivity contribution is -0.138. The van der Waals surface area contributed by atoms with E-state index in [9.17, 15) is 22.8 Å².